The highest BCUT2D eigenvalue weighted by Crippen LogP contribution is 2.20. The summed E-state index contributed by atoms with van der Waals surface area (Å²) < 4.78 is 5.47. The van der Waals surface area contributed by atoms with E-state index in [1.165, 1.54) is 6.07 Å². The first-order chi connectivity index (χ1) is 9.19. The Morgan fingerprint density at radius 2 is 1.89 bits per heavy atom. The Bertz CT molecular complexity index is 566. The van der Waals surface area contributed by atoms with Gasteiger partial charge in [-0.2, -0.15) is 0 Å². The van der Waals surface area contributed by atoms with Crippen LogP contribution in [0.2, 0.25) is 0 Å². The fraction of sp³-hybridized carbons (Fsp3) is 0.143. The second kappa shape index (κ2) is 5.97. The largest absolute Gasteiger partial charge is 0.477 e. The number of rotatable bonds is 5. The van der Waals surface area contributed by atoms with Crippen molar-refractivity contribution in [1.29, 1.82) is 0 Å². The van der Waals surface area contributed by atoms with Gasteiger partial charge in [0.2, 0.25) is 5.88 Å². The lowest BCUT2D eigenvalue weighted by Crippen LogP contribution is -2.00. The van der Waals surface area contributed by atoms with E-state index in [1.54, 1.807) is 24.3 Å². The number of carboxylic acid groups (broad SMARTS) is 1. The van der Waals surface area contributed by atoms with Crippen molar-refractivity contribution >= 4 is 5.97 Å². The molecule has 0 aliphatic heterocycles. The predicted octanol–water partition coefficient (Wildman–Crippen LogP) is 2.11. The summed E-state index contributed by atoms with van der Waals surface area (Å²) in [6.45, 7) is 0.0996. The van der Waals surface area contributed by atoms with E-state index >= 15 is 0 Å². The maximum absolute atomic E-state index is 10.8. The van der Waals surface area contributed by atoms with E-state index in [-0.39, 0.29) is 18.2 Å². The lowest BCUT2D eigenvalue weighted by atomic mass is 10.1. The summed E-state index contributed by atoms with van der Waals surface area (Å²) >= 11 is 0. The molecule has 0 aliphatic carbocycles. The molecule has 19 heavy (non-hydrogen) atoms. The Balaban J connectivity index is 2.12. The highest BCUT2D eigenvalue weighted by molar-refractivity contribution is 5.85. The third-order valence-corrected chi connectivity index (χ3v) is 2.49. The van der Waals surface area contributed by atoms with Crippen molar-refractivity contribution in [2.75, 3.05) is 6.61 Å². The van der Waals surface area contributed by atoms with Crippen molar-refractivity contribution in [3.63, 3.8) is 0 Å². The summed E-state index contributed by atoms with van der Waals surface area (Å²) in [6.07, 6.45) is 0.590. The van der Waals surface area contributed by atoms with E-state index in [1.807, 2.05) is 12.1 Å². The predicted molar refractivity (Wildman–Crippen MR) is 68.5 cm³/mol. The van der Waals surface area contributed by atoms with Crippen molar-refractivity contribution in [3.05, 3.63) is 53.7 Å². The van der Waals surface area contributed by atoms with Gasteiger partial charge in [0.1, 0.15) is 5.75 Å². The van der Waals surface area contributed by atoms with Crippen LogP contribution in [0.4, 0.5) is 0 Å². The molecule has 0 aliphatic rings. The molecule has 1 aromatic carbocycles. The average molecular weight is 259 g/mol. The zero-order valence-electron chi connectivity index (χ0n) is 10.1. The van der Waals surface area contributed by atoms with Crippen molar-refractivity contribution in [2.24, 2.45) is 0 Å². The van der Waals surface area contributed by atoms with E-state index in [4.69, 9.17) is 14.9 Å². The molecule has 2 rings (SSSR count). The van der Waals surface area contributed by atoms with Gasteiger partial charge in [-0.05, 0) is 30.2 Å². The van der Waals surface area contributed by atoms with Gasteiger partial charge in [-0.15, -0.1) is 0 Å². The third kappa shape index (κ3) is 3.53. The van der Waals surface area contributed by atoms with Gasteiger partial charge in [-0.3, -0.25) is 0 Å². The lowest BCUT2D eigenvalue weighted by molar-refractivity contribution is 0.0689. The Morgan fingerprint density at radius 3 is 2.53 bits per heavy atom. The number of ether oxygens (including phenoxy) is 1. The number of benzene rings is 1. The number of aliphatic hydroxyl groups is 1. The van der Waals surface area contributed by atoms with E-state index in [2.05, 4.69) is 4.98 Å². The molecule has 0 unspecified atom stereocenters. The van der Waals surface area contributed by atoms with Crippen LogP contribution in [0.5, 0.6) is 11.6 Å². The van der Waals surface area contributed by atoms with Crippen molar-refractivity contribution in [1.82, 2.24) is 4.98 Å². The smallest absolute Gasteiger partial charge is 0.354 e. The molecule has 0 bridgehead atoms. The number of nitrogens with zero attached hydrogens (tertiary/aromatic N) is 1. The highest BCUT2D eigenvalue weighted by Gasteiger charge is 2.06. The van der Waals surface area contributed by atoms with Gasteiger partial charge in [-0.1, -0.05) is 18.2 Å². The summed E-state index contributed by atoms with van der Waals surface area (Å²) in [5.74, 6) is -0.296. The number of hydrogen-bond donors (Lipinski definition) is 2. The molecule has 5 nitrogen and oxygen atoms in total. The van der Waals surface area contributed by atoms with Crippen molar-refractivity contribution in [3.8, 4) is 11.6 Å². The van der Waals surface area contributed by atoms with Gasteiger partial charge in [0.25, 0.3) is 0 Å². The minimum atomic E-state index is -1.09. The van der Waals surface area contributed by atoms with Gasteiger partial charge in [0.15, 0.2) is 5.69 Å². The molecule has 0 spiro atoms. The number of hydrogen-bond acceptors (Lipinski definition) is 4. The summed E-state index contributed by atoms with van der Waals surface area (Å²) in [5.41, 5.74) is 0.941. The molecule has 0 fully saturated rings. The average Bonchev–Trinajstić information content (AvgIpc) is 2.42. The van der Waals surface area contributed by atoms with Crippen molar-refractivity contribution in [2.45, 2.75) is 6.42 Å². The van der Waals surface area contributed by atoms with Gasteiger partial charge < -0.3 is 14.9 Å². The molecule has 0 saturated carbocycles. The minimum Gasteiger partial charge on any atom is -0.477 e. The second-order valence-electron chi connectivity index (χ2n) is 3.89. The topological polar surface area (TPSA) is 79.7 Å². The van der Waals surface area contributed by atoms with Crippen LogP contribution in [-0.4, -0.2) is 27.8 Å². The molecule has 1 heterocycles. The molecular formula is C14H13NO4. The second-order valence-corrected chi connectivity index (χ2v) is 3.89. The van der Waals surface area contributed by atoms with Crippen molar-refractivity contribution < 1.29 is 19.7 Å². The summed E-state index contributed by atoms with van der Waals surface area (Å²) in [6, 6.07) is 11.7. The van der Waals surface area contributed by atoms with E-state index < -0.39 is 5.97 Å². The van der Waals surface area contributed by atoms with Crippen LogP contribution in [0.1, 0.15) is 16.1 Å². The first-order valence-corrected chi connectivity index (χ1v) is 5.77. The number of aromatic nitrogens is 1. The monoisotopic (exact) mass is 259 g/mol. The molecule has 0 amide bonds. The zero-order chi connectivity index (χ0) is 13.7. The lowest BCUT2D eigenvalue weighted by Gasteiger charge is -2.06. The molecule has 2 N–H and O–H groups in total. The molecule has 5 heteroatoms. The fourth-order valence-corrected chi connectivity index (χ4v) is 1.56. The molecule has 1 aromatic heterocycles. The number of pyridine rings is 1. The van der Waals surface area contributed by atoms with Crippen LogP contribution in [0.25, 0.3) is 0 Å². The molecular weight excluding hydrogens is 246 g/mol. The standard InChI is InChI=1S/C14H13NO4/c16-9-8-10-4-6-11(7-5-10)19-13-3-1-2-12(15-13)14(17)18/h1-7,16H,8-9H2,(H,17,18). The van der Waals surface area contributed by atoms with Crippen LogP contribution in [0, 0.1) is 0 Å². The maximum Gasteiger partial charge on any atom is 0.354 e. The summed E-state index contributed by atoms with van der Waals surface area (Å²) in [7, 11) is 0. The number of carboxylic acids is 1. The maximum atomic E-state index is 10.8. The molecule has 0 atom stereocenters. The molecule has 0 radical (unpaired) electrons. The Kier molecular flexibility index (Phi) is 4.10. The number of aliphatic hydroxyl groups excluding tert-OH is 1. The Hall–Kier alpha value is -2.40. The molecule has 98 valence electrons. The third-order valence-electron chi connectivity index (χ3n) is 2.49. The quantitative estimate of drug-likeness (QED) is 0.859. The van der Waals surface area contributed by atoms with Crippen LogP contribution in [0.3, 0.4) is 0 Å². The van der Waals surface area contributed by atoms with Gasteiger partial charge >= 0.3 is 5.97 Å². The molecule has 2 aromatic rings. The highest BCUT2D eigenvalue weighted by atomic mass is 16.5. The summed E-state index contributed by atoms with van der Waals surface area (Å²) in [4.78, 5) is 14.6. The fourth-order valence-electron chi connectivity index (χ4n) is 1.56. The first kappa shape index (κ1) is 13.0. The first-order valence-electron chi connectivity index (χ1n) is 5.77. The number of carbonyl (C=O) groups is 1. The van der Waals surface area contributed by atoms with Gasteiger partial charge in [0, 0.05) is 12.7 Å². The van der Waals surface area contributed by atoms with E-state index in [9.17, 15) is 4.79 Å². The summed E-state index contributed by atoms with van der Waals surface area (Å²) in [5, 5.41) is 17.6. The SMILES string of the molecule is O=C(O)c1cccc(Oc2ccc(CCO)cc2)n1. The van der Waals surface area contributed by atoms with Gasteiger partial charge in [0.05, 0.1) is 0 Å². The van der Waals surface area contributed by atoms with Crippen LogP contribution in [-0.2, 0) is 6.42 Å². The zero-order valence-corrected chi connectivity index (χ0v) is 10.1. The Labute approximate surface area is 110 Å². The Morgan fingerprint density at radius 1 is 1.16 bits per heavy atom. The minimum absolute atomic E-state index is 0.0607. The van der Waals surface area contributed by atoms with Crippen LogP contribution < -0.4 is 4.74 Å². The van der Waals surface area contributed by atoms with Crippen LogP contribution in [0.15, 0.2) is 42.5 Å². The number of aromatic carboxylic acids is 1. The normalized spacial score (nSPS) is 10.2. The van der Waals surface area contributed by atoms with Gasteiger partial charge in [-0.25, -0.2) is 9.78 Å². The van der Waals surface area contributed by atoms with E-state index in [0.717, 1.165) is 5.56 Å². The van der Waals surface area contributed by atoms with Crippen LogP contribution >= 0.6 is 0 Å². The van der Waals surface area contributed by atoms with E-state index in [0.29, 0.717) is 12.2 Å². The molecule has 0 saturated heterocycles.